The summed E-state index contributed by atoms with van der Waals surface area (Å²) in [7, 11) is 2.17. The van der Waals surface area contributed by atoms with Crippen LogP contribution < -0.4 is 5.32 Å². The number of aryl methyl sites for hydroxylation is 1. The highest BCUT2D eigenvalue weighted by molar-refractivity contribution is 5.93. The van der Waals surface area contributed by atoms with Crippen molar-refractivity contribution in [2.45, 2.75) is 19.8 Å². The number of hydrogen-bond acceptors (Lipinski definition) is 5. The molecule has 1 amide bonds. The smallest absolute Gasteiger partial charge is 0.254 e. The summed E-state index contributed by atoms with van der Waals surface area (Å²) >= 11 is 0. The van der Waals surface area contributed by atoms with Gasteiger partial charge >= 0.3 is 0 Å². The fraction of sp³-hybridized carbons (Fsp3) is 0.688. The Kier molecular flexibility index (Phi) is 4.40. The quantitative estimate of drug-likeness (QED) is 0.860. The monoisotopic (exact) mass is 303 g/mol. The zero-order chi connectivity index (χ0) is 15.6. The Bertz CT molecular complexity index is 518. The average Bonchev–Trinajstić information content (AvgIpc) is 3.28. The topological polar surface area (TPSA) is 61.4 Å². The number of nitrogens with one attached hydrogen (secondary N) is 1. The van der Waals surface area contributed by atoms with Gasteiger partial charge in [-0.05, 0) is 26.8 Å². The van der Waals surface area contributed by atoms with E-state index in [2.05, 4.69) is 32.1 Å². The number of rotatable bonds is 5. The van der Waals surface area contributed by atoms with Gasteiger partial charge in [-0.1, -0.05) is 0 Å². The first-order valence-corrected chi connectivity index (χ1v) is 8.04. The SMILES string of the molecule is Cc1ncc(C(=O)NCC2(CN3CCN(C)CC3)CC2)cn1. The highest BCUT2D eigenvalue weighted by Gasteiger charge is 2.44. The molecule has 0 spiro atoms. The van der Waals surface area contributed by atoms with Crippen LogP contribution in [0.25, 0.3) is 0 Å². The molecule has 1 saturated carbocycles. The summed E-state index contributed by atoms with van der Waals surface area (Å²) in [5, 5.41) is 3.06. The van der Waals surface area contributed by atoms with Gasteiger partial charge in [-0.2, -0.15) is 0 Å². The first kappa shape index (κ1) is 15.4. The standard InChI is InChI=1S/C16H25N5O/c1-13-17-9-14(10-18-13)15(22)19-11-16(3-4-16)12-21-7-5-20(2)6-8-21/h9-10H,3-8,11-12H2,1-2H3,(H,19,22). The Labute approximate surface area is 131 Å². The molecule has 6 nitrogen and oxygen atoms in total. The number of likely N-dealkylation sites (N-methyl/N-ethyl adjacent to an activating group) is 1. The van der Waals surface area contributed by atoms with E-state index in [1.807, 2.05) is 6.92 Å². The number of nitrogens with zero attached hydrogens (tertiary/aromatic N) is 4. The average molecular weight is 303 g/mol. The summed E-state index contributed by atoms with van der Waals surface area (Å²) in [5.41, 5.74) is 0.831. The maximum absolute atomic E-state index is 12.2. The van der Waals surface area contributed by atoms with Crippen molar-refractivity contribution >= 4 is 5.91 Å². The largest absolute Gasteiger partial charge is 0.351 e. The number of amides is 1. The Morgan fingerprint density at radius 2 is 1.86 bits per heavy atom. The van der Waals surface area contributed by atoms with E-state index in [1.54, 1.807) is 12.4 Å². The molecule has 2 aliphatic rings. The molecule has 0 atom stereocenters. The van der Waals surface area contributed by atoms with E-state index in [9.17, 15) is 4.79 Å². The Balaban J connectivity index is 1.48. The van der Waals surface area contributed by atoms with Gasteiger partial charge in [-0.15, -0.1) is 0 Å². The minimum Gasteiger partial charge on any atom is -0.351 e. The fourth-order valence-electron chi connectivity index (χ4n) is 2.93. The van der Waals surface area contributed by atoms with Gasteiger partial charge in [-0.25, -0.2) is 9.97 Å². The summed E-state index contributed by atoms with van der Waals surface area (Å²) < 4.78 is 0. The van der Waals surface area contributed by atoms with Gasteiger partial charge in [-0.3, -0.25) is 4.79 Å². The van der Waals surface area contributed by atoms with Crippen molar-refractivity contribution in [3.05, 3.63) is 23.8 Å². The first-order chi connectivity index (χ1) is 10.6. The second-order valence-electron chi connectivity index (χ2n) is 6.78. The second-order valence-corrected chi connectivity index (χ2v) is 6.78. The van der Waals surface area contributed by atoms with Crippen LogP contribution in [-0.2, 0) is 0 Å². The normalized spacial score (nSPS) is 21.5. The number of aromatic nitrogens is 2. The van der Waals surface area contributed by atoms with E-state index in [4.69, 9.17) is 0 Å². The molecule has 0 bridgehead atoms. The lowest BCUT2D eigenvalue weighted by atomic mass is 10.1. The molecule has 2 heterocycles. The van der Waals surface area contributed by atoms with Gasteiger partial charge in [0.1, 0.15) is 5.82 Å². The number of hydrogen-bond donors (Lipinski definition) is 1. The molecule has 1 saturated heterocycles. The molecule has 0 radical (unpaired) electrons. The number of piperazine rings is 1. The molecular formula is C16H25N5O. The van der Waals surface area contributed by atoms with Crippen LogP contribution in [0.1, 0.15) is 29.0 Å². The molecule has 1 aromatic rings. The summed E-state index contributed by atoms with van der Waals surface area (Å²) in [4.78, 5) is 25.2. The highest BCUT2D eigenvalue weighted by Crippen LogP contribution is 2.45. The van der Waals surface area contributed by atoms with Crippen molar-refractivity contribution in [3.63, 3.8) is 0 Å². The van der Waals surface area contributed by atoms with Gasteiger partial charge in [0.05, 0.1) is 5.56 Å². The molecule has 6 heteroatoms. The summed E-state index contributed by atoms with van der Waals surface area (Å²) in [5.74, 6) is 0.620. The third-order valence-electron chi connectivity index (χ3n) is 4.78. The van der Waals surface area contributed by atoms with Crippen LogP contribution in [0.2, 0.25) is 0 Å². The van der Waals surface area contributed by atoms with E-state index in [0.717, 1.165) is 39.3 Å². The molecule has 22 heavy (non-hydrogen) atoms. The molecular weight excluding hydrogens is 278 g/mol. The van der Waals surface area contributed by atoms with Crippen molar-refractivity contribution < 1.29 is 4.79 Å². The summed E-state index contributed by atoms with van der Waals surface area (Å²) in [6, 6.07) is 0. The van der Waals surface area contributed by atoms with Crippen LogP contribution in [0, 0.1) is 12.3 Å². The number of carbonyl (C=O) groups excluding carboxylic acids is 1. The first-order valence-electron chi connectivity index (χ1n) is 8.04. The minimum absolute atomic E-state index is 0.0651. The molecule has 1 N–H and O–H groups in total. The Morgan fingerprint density at radius 1 is 1.23 bits per heavy atom. The molecule has 1 aromatic heterocycles. The van der Waals surface area contributed by atoms with Crippen LogP contribution in [0.15, 0.2) is 12.4 Å². The highest BCUT2D eigenvalue weighted by atomic mass is 16.1. The molecule has 0 aromatic carbocycles. The second kappa shape index (κ2) is 6.30. The van der Waals surface area contributed by atoms with Crippen LogP contribution in [0.4, 0.5) is 0 Å². The van der Waals surface area contributed by atoms with Gasteiger partial charge in [0.2, 0.25) is 0 Å². The lowest BCUT2D eigenvalue weighted by Gasteiger charge is -2.34. The van der Waals surface area contributed by atoms with Crippen molar-refractivity contribution in [1.29, 1.82) is 0 Å². The van der Waals surface area contributed by atoms with Gasteiger partial charge in [0.15, 0.2) is 0 Å². The van der Waals surface area contributed by atoms with Crippen molar-refractivity contribution in [2.24, 2.45) is 5.41 Å². The van der Waals surface area contributed by atoms with Gasteiger partial charge < -0.3 is 15.1 Å². The van der Waals surface area contributed by atoms with E-state index in [0.29, 0.717) is 11.4 Å². The number of carbonyl (C=O) groups is 1. The Morgan fingerprint density at radius 3 is 2.45 bits per heavy atom. The molecule has 1 aliphatic carbocycles. The van der Waals surface area contributed by atoms with E-state index in [-0.39, 0.29) is 11.3 Å². The van der Waals surface area contributed by atoms with Crippen LogP contribution in [0.5, 0.6) is 0 Å². The third kappa shape index (κ3) is 3.81. The Hall–Kier alpha value is -1.53. The lowest BCUT2D eigenvalue weighted by molar-refractivity contribution is 0.0926. The molecule has 1 aliphatic heterocycles. The maximum Gasteiger partial charge on any atom is 0.254 e. The maximum atomic E-state index is 12.2. The van der Waals surface area contributed by atoms with Gasteiger partial charge in [0, 0.05) is 57.1 Å². The fourth-order valence-corrected chi connectivity index (χ4v) is 2.93. The molecule has 2 fully saturated rings. The predicted molar refractivity (Wildman–Crippen MR) is 84.7 cm³/mol. The minimum atomic E-state index is -0.0651. The third-order valence-corrected chi connectivity index (χ3v) is 4.78. The van der Waals surface area contributed by atoms with Crippen molar-refractivity contribution in [2.75, 3.05) is 46.3 Å². The van der Waals surface area contributed by atoms with E-state index < -0.39 is 0 Å². The van der Waals surface area contributed by atoms with Crippen LogP contribution >= 0.6 is 0 Å². The molecule has 0 unspecified atom stereocenters. The van der Waals surface area contributed by atoms with E-state index >= 15 is 0 Å². The zero-order valence-corrected chi connectivity index (χ0v) is 13.5. The lowest BCUT2D eigenvalue weighted by Crippen LogP contribution is -2.47. The van der Waals surface area contributed by atoms with Gasteiger partial charge in [0.25, 0.3) is 5.91 Å². The van der Waals surface area contributed by atoms with Crippen molar-refractivity contribution in [3.8, 4) is 0 Å². The molecule has 3 rings (SSSR count). The van der Waals surface area contributed by atoms with Crippen LogP contribution in [-0.4, -0.2) is 72.0 Å². The van der Waals surface area contributed by atoms with E-state index in [1.165, 1.54) is 12.8 Å². The summed E-state index contributed by atoms with van der Waals surface area (Å²) in [6.07, 6.45) is 5.61. The van der Waals surface area contributed by atoms with Crippen LogP contribution in [0.3, 0.4) is 0 Å². The molecule has 120 valence electrons. The summed E-state index contributed by atoms with van der Waals surface area (Å²) in [6.45, 7) is 8.23. The zero-order valence-electron chi connectivity index (χ0n) is 13.5. The predicted octanol–water partition coefficient (Wildman–Crippen LogP) is 0.542. The van der Waals surface area contributed by atoms with Crippen molar-refractivity contribution in [1.82, 2.24) is 25.1 Å².